The number of nitrogens with one attached hydrogen (secondary N) is 1. The average molecular weight is 287 g/mol. The fourth-order valence-electron chi connectivity index (χ4n) is 1.60. The van der Waals surface area contributed by atoms with Crippen LogP contribution in [-0.4, -0.2) is 47.3 Å². The van der Waals surface area contributed by atoms with Crippen LogP contribution in [0.3, 0.4) is 0 Å². The van der Waals surface area contributed by atoms with Gasteiger partial charge < -0.3 is 21.3 Å². The highest BCUT2D eigenvalue weighted by molar-refractivity contribution is 5.85. The van der Waals surface area contributed by atoms with E-state index < -0.39 is 29.4 Å². The summed E-state index contributed by atoms with van der Waals surface area (Å²) in [7, 11) is 0. The van der Waals surface area contributed by atoms with Crippen molar-refractivity contribution in [3.63, 3.8) is 0 Å². The van der Waals surface area contributed by atoms with Crippen molar-refractivity contribution in [2.75, 3.05) is 19.7 Å². The van der Waals surface area contributed by atoms with Crippen LogP contribution < -0.4 is 11.1 Å². The first-order chi connectivity index (χ1) is 9.21. The van der Waals surface area contributed by atoms with E-state index >= 15 is 0 Å². The number of hydrogen-bond donors (Lipinski definition) is 4. The predicted octanol–water partition coefficient (Wildman–Crippen LogP) is -0.572. The van der Waals surface area contributed by atoms with Crippen LogP contribution in [0, 0.1) is 5.41 Å². The van der Waals surface area contributed by atoms with E-state index in [9.17, 15) is 19.8 Å². The molecule has 1 atom stereocenters. The predicted molar refractivity (Wildman–Crippen MR) is 71.3 cm³/mol. The Kier molecular flexibility index (Phi) is 6.98. The Morgan fingerprint density at radius 3 is 2.50 bits per heavy atom. The number of hydrogen-bond acceptors (Lipinski definition) is 5. The molecule has 9 nitrogen and oxygen atoms in total. The number of primary amides is 1. The summed E-state index contributed by atoms with van der Waals surface area (Å²) in [5, 5.41) is 25.2. The van der Waals surface area contributed by atoms with Crippen molar-refractivity contribution in [1.82, 2.24) is 5.32 Å². The van der Waals surface area contributed by atoms with E-state index in [4.69, 9.17) is 11.3 Å². The second-order valence-electron chi connectivity index (χ2n) is 5.07. The normalized spacial score (nSPS) is 14.0. The van der Waals surface area contributed by atoms with Gasteiger partial charge in [-0.1, -0.05) is 19.0 Å². The van der Waals surface area contributed by atoms with Crippen LogP contribution in [0.5, 0.6) is 0 Å². The van der Waals surface area contributed by atoms with Crippen molar-refractivity contribution >= 4 is 11.8 Å². The molecular formula is C11H21N5O4. The number of carbonyl (C=O) groups excluding carboxylic acids is 2. The van der Waals surface area contributed by atoms with Crippen molar-refractivity contribution in [2.24, 2.45) is 16.3 Å². The second-order valence-corrected chi connectivity index (χ2v) is 5.07. The fourth-order valence-corrected chi connectivity index (χ4v) is 1.60. The number of aliphatic hydroxyl groups excluding tert-OH is 1. The van der Waals surface area contributed by atoms with Crippen LogP contribution in [0.1, 0.15) is 26.7 Å². The van der Waals surface area contributed by atoms with Crippen molar-refractivity contribution < 1.29 is 19.8 Å². The van der Waals surface area contributed by atoms with Crippen LogP contribution in [0.2, 0.25) is 0 Å². The molecule has 9 heteroatoms. The van der Waals surface area contributed by atoms with Gasteiger partial charge in [0, 0.05) is 29.8 Å². The van der Waals surface area contributed by atoms with Crippen molar-refractivity contribution in [3.8, 4) is 0 Å². The van der Waals surface area contributed by atoms with Gasteiger partial charge >= 0.3 is 0 Å². The molecule has 0 aliphatic carbocycles. The first-order valence-corrected chi connectivity index (χ1v) is 6.12. The maximum absolute atomic E-state index is 11.5. The molecule has 0 aliphatic heterocycles. The zero-order valence-corrected chi connectivity index (χ0v) is 11.7. The highest BCUT2D eigenvalue weighted by Gasteiger charge is 2.48. The van der Waals surface area contributed by atoms with Gasteiger partial charge in [0.2, 0.25) is 11.8 Å². The van der Waals surface area contributed by atoms with E-state index in [0.29, 0.717) is 0 Å². The first kappa shape index (κ1) is 18.2. The van der Waals surface area contributed by atoms with Gasteiger partial charge in [-0.15, -0.1) is 0 Å². The Morgan fingerprint density at radius 1 is 1.45 bits per heavy atom. The van der Waals surface area contributed by atoms with E-state index in [0.717, 1.165) is 0 Å². The number of azide groups is 1. The smallest absolute Gasteiger partial charge is 0.250 e. The summed E-state index contributed by atoms with van der Waals surface area (Å²) in [6, 6.07) is 0. The number of carbonyl (C=O) groups is 2. The third kappa shape index (κ3) is 4.69. The molecule has 0 spiro atoms. The molecule has 0 radical (unpaired) electrons. The van der Waals surface area contributed by atoms with Gasteiger partial charge in [-0.25, -0.2) is 0 Å². The van der Waals surface area contributed by atoms with Gasteiger partial charge in [-0.3, -0.25) is 9.59 Å². The summed E-state index contributed by atoms with van der Waals surface area (Å²) in [6.45, 7) is 2.80. The Balaban J connectivity index is 4.53. The van der Waals surface area contributed by atoms with E-state index in [1.165, 1.54) is 13.8 Å². The minimum absolute atomic E-state index is 0.116. The molecule has 0 rings (SSSR count). The van der Waals surface area contributed by atoms with E-state index in [-0.39, 0.29) is 25.9 Å². The van der Waals surface area contributed by atoms with Gasteiger partial charge in [0.05, 0.1) is 6.61 Å². The van der Waals surface area contributed by atoms with Gasteiger partial charge in [0.1, 0.15) is 0 Å². The summed E-state index contributed by atoms with van der Waals surface area (Å²) in [5.41, 5.74) is 10.1. The van der Waals surface area contributed by atoms with E-state index in [2.05, 4.69) is 15.3 Å². The molecule has 20 heavy (non-hydrogen) atoms. The van der Waals surface area contributed by atoms with Gasteiger partial charge in [0.25, 0.3) is 0 Å². The van der Waals surface area contributed by atoms with Gasteiger partial charge in [0.15, 0.2) is 5.60 Å². The molecule has 0 aromatic rings. The zero-order valence-electron chi connectivity index (χ0n) is 11.7. The summed E-state index contributed by atoms with van der Waals surface area (Å²) < 4.78 is 0. The molecule has 0 bridgehead atoms. The lowest BCUT2D eigenvalue weighted by atomic mass is 9.72. The molecule has 114 valence electrons. The van der Waals surface area contributed by atoms with Crippen LogP contribution in [0.25, 0.3) is 10.4 Å². The third-order valence-corrected chi connectivity index (χ3v) is 3.23. The Morgan fingerprint density at radius 2 is 2.05 bits per heavy atom. The van der Waals surface area contributed by atoms with Crippen LogP contribution in [0.15, 0.2) is 5.11 Å². The molecule has 0 aliphatic rings. The number of nitrogens with zero attached hydrogens (tertiary/aromatic N) is 3. The lowest BCUT2D eigenvalue weighted by Crippen LogP contribution is -2.56. The molecular weight excluding hydrogens is 266 g/mol. The van der Waals surface area contributed by atoms with Crippen molar-refractivity contribution in [1.29, 1.82) is 0 Å². The maximum Gasteiger partial charge on any atom is 0.250 e. The minimum Gasteiger partial charge on any atom is -0.396 e. The molecule has 2 amide bonds. The first-order valence-electron chi connectivity index (χ1n) is 6.12. The van der Waals surface area contributed by atoms with Crippen LogP contribution in [0.4, 0.5) is 0 Å². The van der Waals surface area contributed by atoms with Crippen molar-refractivity contribution in [2.45, 2.75) is 32.3 Å². The monoisotopic (exact) mass is 287 g/mol. The molecule has 0 saturated carbocycles. The lowest BCUT2D eigenvalue weighted by molar-refractivity contribution is -0.156. The van der Waals surface area contributed by atoms with E-state index in [1.807, 2.05) is 0 Å². The quantitative estimate of drug-likeness (QED) is 0.193. The maximum atomic E-state index is 11.5. The molecule has 0 heterocycles. The molecule has 0 fully saturated rings. The molecule has 1 unspecified atom stereocenters. The summed E-state index contributed by atoms with van der Waals surface area (Å²) in [5.74, 6) is -1.40. The molecule has 0 saturated heterocycles. The standard InChI is InChI=1S/C11H21N5O4/c1-10(2,7-17)11(20,9(12)19)4-3-8(18)14-5-6-15-16-13/h17,20H,3-7H2,1-2H3,(H2,12,19)(H,14,18). The SMILES string of the molecule is CC(C)(CO)C(O)(CCC(=O)NCCN=[N+]=[N-])C(N)=O. The number of aliphatic hydroxyl groups is 2. The molecule has 0 aromatic carbocycles. The highest BCUT2D eigenvalue weighted by Crippen LogP contribution is 2.34. The second kappa shape index (κ2) is 7.68. The van der Waals surface area contributed by atoms with Gasteiger partial charge in [-0.2, -0.15) is 0 Å². The van der Waals surface area contributed by atoms with Crippen molar-refractivity contribution in [3.05, 3.63) is 10.4 Å². The third-order valence-electron chi connectivity index (χ3n) is 3.23. The highest BCUT2D eigenvalue weighted by atomic mass is 16.3. The van der Waals surface area contributed by atoms with Crippen LogP contribution >= 0.6 is 0 Å². The Hall–Kier alpha value is -1.83. The summed E-state index contributed by atoms with van der Waals surface area (Å²) in [6.07, 6.45) is -0.345. The Bertz CT molecular complexity index is 406. The zero-order chi connectivity index (χ0) is 15.8. The van der Waals surface area contributed by atoms with E-state index in [1.54, 1.807) is 0 Å². The Labute approximate surface area is 116 Å². The largest absolute Gasteiger partial charge is 0.396 e. The van der Waals surface area contributed by atoms with Crippen LogP contribution in [-0.2, 0) is 9.59 Å². The lowest BCUT2D eigenvalue weighted by Gasteiger charge is -2.38. The minimum atomic E-state index is -1.98. The topological polar surface area (TPSA) is 161 Å². The number of amides is 2. The number of nitrogens with two attached hydrogens (primary N) is 1. The fraction of sp³-hybridized carbons (Fsp3) is 0.818. The summed E-state index contributed by atoms with van der Waals surface area (Å²) >= 11 is 0. The summed E-state index contributed by atoms with van der Waals surface area (Å²) in [4.78, 5) is 25.5. The number of rotatable bonds is 9. The molecule has 0 aromatic heterocycles. The average Bonchev–Trinajstić information content (AvgIpc) is 2.40. The molecule has 5 N–H and O–H groups in total. The van der Waals surface area contributed by atoms with Gasteiger partial charge in [-0.05, 0) is 12.0 Å².